The van der Waals surface area contributed by atoms with Crippen molar-refractivity contribution in [1.29, 1.82) is 0 Å². The van der Waals surface area contributed by atoms with Crippen LogP contribution in [0, 0.1) is 17.0 Å². The quantitative estimate of drug-likeness (QED) is 0.350. The standard InChI is InChI=1S/C19H18N4O4S/c1-12-4-7-14(8-5-12)28-19-17(23(24)25)18(20-11-21-19)22-15-9-6-13(26-2)10-16(15)27-3/h4-11H,1-3H3,(H,20,21,22). The summed E-state index contributed by atoms with van der Waals surface area (Å²) >= 11 is 1.21. The molecule has 0 aliphatic rings. The van der Waals surface area contributed by atoms with Crippen LogP contribution in [0.4, 0.5) is 17.2 Å². The van der Waals surface area contributed by atoms with E-state index in [4.69, 9.17) is 9.47 Å². The van der Waals surface area contributed by atoms with Gasteiger partial charge in [0.25, 0.3) is 0 Å². The zero-order valence-electron chi connectivity index (χ0n) is 15.5. The fourth-order valence-corrected chi connectivity index (χ4v) is 3.30. The summed E-state index contributed by atoms with van der Waals surface area (Å²) in [6, 6.07) is 12.8. The average molecular weight is 398 g/mol. The van der Waals surface area contributed by atoms with Crippen molar-refractivity contribution in [3.05, 3.63) is 64.5 Å². The molecule has 3 aromatic rings. The molecule has 144 valence electrons. The van der Waals surface area contributed by atoms with Gasteiger partial charge in [-0.15, -0.1) is 0 Å². The van der Waals surface area contributed by atoms with Gasteiger partial charge < -0.3 is 14.8 Å². The highest BCUT2D eigenvalue weighted by Gasteiger charge is 2.24. The zero-order chi connectivity index (χ0) is 20.1. The molecule has 1 aromatic heterocycles. The van der Waals surface area contributed by atoms with Gasteiger partial charge in [0.15, 0.2) is 5.03 Å². The number of nitrogens with zero attached hydrogens (tertiary/aromatic N) is 3. The van der Waals surface area contributed by atoms with E-state index in [0.29, 0.717) is 17.2 Å². The molecule has 0 radical (unpaired) electrons. The third-order valence-corrected chi connectivity index (χ3v) is 4.87. The zero-order valence-corrected chi connectivity index (χ0v) is 16.3. The van der Waals surface area contributed by atoms with Crippen molar-refractivity contribution in [2.24, 2.45) is 0 Å². The topological polar surface area (TPSA) is 99.4 Å². The fraction of sp³-hybridized carbons (Fsp3) is 0.158. The van der Waals surface area contributed by atoms with E-state index in [1.54, 1.807) is 25.3 Å². The Balaban J connectivity index is 1.98. The van der Waals surface area contributed by atoms with Crippen LogP contribution in [0.15, 0.2) is 58.7 Å². The molecule has 9 heteroatoms. The van der Waals surface area contributed by atoms with E-state index in [9.17, 15) is 10.1 Å². The molecule has 0 aliphatic heterocycles. The maximum absolute atomic E-state index is 11.8. The molecule has 8 nitrogen and oxygen atoms in total. The molecule has 0 fully saturated rings. The van der Waals surface area contributed by atoms with Gasteiger partial charge in [0.05, 0.1) is 24.8 Å². The Labute approximate surface area is 166 Å². The molecule has 1 heterocycles. The summed E-state index contributed by atoms with van der Waals surface area (Å²) in [4.78, 5) is 20.3. The Bertz CT molecular complexity index is 996. The largest absolute Gasteiger partial charge is 0.497 e. The molecule has 28 heavy (non-hydrogen) atoms. The number of nitro groups is 1. The first-order valence-corrected chi connectivity index (χ1v) is 9.06. The lowest BCUT2D eigenvalue weighted by Gasteiger charge is -2.12. The highest BCUT2D eigenvalue weighted by atomic mass is 32.2. The lowest BCUT2D eigenvalue weighted by atomic mass is 10.2. The third kappa shape index (κ3) is 4.32. The van der Waals surface area contributed by atoms with Crippen LogP contribution >= 0.6 is 11.8 Å². The minimum atomic E-state index is -0.491. The number of hydrogen-bond acceptors (Lipinski definition) is 8. The second-order valence-corrected chi connectivity index (χ2v) is 6.80. The van der Waals surface area contributed by atoms with Crippen LogP contribution in [0.1, 0.15) is 5.56 Å². The lowest BCUT2D eigenvalue weighted by Crippen LogP contribution is -2.04. The summed E-state index contributed by atoms with van der Waals surface area (Å²) < 4.78 is 10.5. The summed E-state index contributed by atoms with van der Waals surface area (Å²) in [6.07, 6.45) is 1.29. The average Bonchev–Trinajstić information content (AvgIpc) is 2.70. The molecular weight excluding hydrogens is 380 g/mol. The summed E-state index contributed by atoms with van der Waals surface area (Å²) in [6.45, 7) is 1.98. The molecule has 0 atom stereocenters. The summed E-state index contributed by atoms with van der Waals surface area (Å²) in [5, 5.41) is 15.0. The first-order valence-electron chi connectivity index (χ1n) is 8.24. The number of rotatable bonds is 7. The second kappa shape index (κ2) is 8.57. The van der Waals surface area contributed by atoms with Crippen LogP contribution in [0.25, 0.3) is 0 Å². The van der Waals surface area contributed by atoms with Crippen LogP contribution < -0.4 is 14.8 Å². The molecule has 3 rings (SSSR count). The van der Waals surface area contributed by atoms with Crippen molar-refractivity contribution in [3.63, 3.8) is 0 Å². The van der Waals surface area contributed by atoms with Crippen LogP contribution in [0.3, 0.4) is 0 Å². The first kappa shape index (κ1) is 19.4. The summed E-state index contributed by atoms with van der Waals surface area (Å²) in [7, 11) is 3.05. The summed E-state index contributed by atoms with van der Waals surface area (Å²) in [5.41, 5.74) is 1.43. The van der Waals surface area contributed by atoms with Crippen molar-refractivity contribution in [1.82, 2.24) is 9.97 Å². The van der Waals surface area contributed by atoms with Crippen LogP contribution in [-0.4, -0.2) is 29.1 Å². The molecule has 0 bridgehead atoms. The molecule has 0 saturated heterocycles. The molecule has 0 unspecified atom stereocenters. The molecule has 1 N–H and O–H groups in total. The van der Waals surface area contributed by atoms with Crippen molar-refractivity contribution >= 4 is 29.0 Å². The number of aryl methyl sites for hydroxylation is 1. The molecule has 0 saturated carbocycles. The van der Waals surface area contributed by atoms with Crippen molar-refractivity contribution < 1.29 is 14.4 Å². The van der Waals surface area contributed by atoms with Gasteiger partial charge in [-0.25, -0.2) is 9.97 Å². The number of methoxy groups -OCH3 is 2. The maximum atomic E-state index is 11.8. The van der Waals surface area contributed by atoms with E-state index in [1.165, 1.54) is 25.2 Å². The Morgan fingerprint density at radius 1 is 1.07 bits per heavy atom. The molecular formula is C19H18N4O4S. The van der Waals surface area contributed by atoms with Crippen molar-refractivity contribution in [2.75, 3.05) is 19.5 Å². The predicted molar refractivity (Wildman–Crippen MR) is 107 cm³/mol. The predicted octanol–water partition coefficient (Wildman–Crippen LogP) is 4.61. The molecule has 0 aliphatic carbocycles. The number of aromatic nitrogens is 2. The van der Waals surface area contributed by atoms with Gasteiger partial charge in [0, 0.05) is 11.0 Å². The van der Waals surface area contributed by atoms with E-state index in [0.717, 1.165) is 10.5 Å². The Morgan fingerprint density at radius 2 is 1.82 bits per heavy atom. The highest BCUT2D eigenvalue weighted by molar-refractivity contribution is 7.99. The van der Waals surface area contributed by atoms with Crippen LogP contribution in [-0.2, 0) is 0 Å². The summed E-state index contributed by atoms with van der Waals surface area (Å²) in [5.74, 6) is 1.16. The number of anilines is 2. The van der Waals surface area contributed by atoms with E-state index >= 15 is 0 Å². The minimum absolute atomic E-state index is 0.0816. The van der Waals surface area contributed by atoms with Gasteiger partial charge in [0.2, 0.25) is 5.82 Å². The van der Waals surface area contributed by atoms with Crippen LogP contribution in [0.5, 0.6) is 11.5 Å². The van der Waals surface area contributed by atoms with Crippen LogP contribution in [0.2, 0.25) is 0 Å². The number of hydrogen-bond donors (Lipinski definition) is 1. The minimum Gasteiger partial charge on any atom is -0.497 e. The SMILES string of the molecule is COc1ccc(Nc2ncnc(Sc3ccc(C)cc3)c2[N+](=O)[O-])c(OC)c1. The highest BCUT2D eigenvalue weighted by Crippen LogP contribution is 2.39. The van der Waals surface area contributed by atoms with Gasteiger partial charge in [-0.05, 0) is 31.2 Å². The Morgan fingerprint density at radius 3 is 2.46 bits per heavy atom. The Hall–Kier alpha value is -3.33. The van der Waals surface area contributed by atoms with Gasteiger partial charge in [-0.1, -0.05) is 29.5 Å². The molecule has 2 aromatic carbocycles. The van der Waals surface area contributed by atoms with E-state index in [1.807, 2.05) is 31.2 Å². The van der Waals surface area contributed by atoms with E-state index in [-0.39, 0.29) is 16.5 Å². The molecule has 0 amide bonds. The van der Waals surface area contributed by atoms with E-state index in [2.05, 4.69) is 15.3 Å². The number of ether oxygens (including phenoxy) is 2. The fourth-order valence-electron chi connectivity index (χ4n) is 2.44. The second-order valence-electron chi connectivity index (χ2n) is 5.74. The lowest BCUT2D eigenvalue weighted by molar-refractivity contribution is -0.387. The first-order chi connectivity index (χ1) is 13.5. The van der Waals surface area contributed by atoms with Gasteiger partial charge >= 0.3 is 5.69 Å². The smallest absolute Gasteiger partial charge is 0.343 e. The van der Waals surface area contributed by atoms with Crippen molar-refractivity contribution in [2.45, 2.75) is 16.8 Å². The third-order valence-electron chi connectivity index (χ3n) is 3.87. The van der Waals surface area contributed by atoms with Crippen molar-refractivity contribution in [3.8, 4) is 11.5 Å². The van der Waals surface area contributed by atoms with Gasteiger partial charge in [0.1, 0.15) is 17.8 Å². The molecule has 0 spiro atoms. The maximum Gasteiger partial charge on any atom is 0.343 e. The normalized spacial score (nSPS) is 10.4. The van der Waals surface area contributed by atoms with Gasteiger partial charge in [-0.2, -0.15) is 0 Å². The number of nitrogens with one attached hydrogen (secondary N) is 1. The number of benzene rings is 2. The Kier molecular flexibility index (Phi) is 5.95. The van der Waals surface area contributed by atoms with E-state index < -0.39 is 4.92 Å². The monoisotopic (exact) mass is 398 g/mol. The van der Waals surface area contributed by atoms with Gasteiger partial charge in [-0.3, -0.25) is 10.1 Å².